The Bertz CT molecular complexity index is 152. The maximum atomic E-state index is 9.19. The van der Waals surface area contributed by atoms with Gasteiger partial charge in [0.15, 0.2) is 0 Å². The van der Waals surface area contributed by atoms with E-state index in [-0.39, 0.29) is 12.6 Å². The third-order valence-corrected chi connectivity index (χ3v) is 3.57. The smallest absolute Gasteiger partial charge is 0.0584 e. The molecule has 1 aliphatic heterocycles. The fourth-order valence-corrected chi connectivity index (χ4v) is 2.32. The topological polar surface area (TPSA) is 41.5 Å². The van der Waals surface area contributed by atoms with Crippen LogP contribution >= 0.6 is 11.8 Å². The first-order chi connectivity index (χ1) is 7.36. The summed E-state index contributed by atoms with van der Waals surface area (Å²) in [7, 11) is 0. The Morgan fingerprint density at radius 3 is 2.80 bits per heavy atom. The predicted octanol–water partition coefficient (Wildman–Crippen LogP) is 1.12. The van der Waals surface area contributed by atoms with Crippen LogP contribution in [0.4, 0.5) is 0 Å². The van der Waals surface area contributed by atoms with E-state index in [2.05, 4.69) is 11.6 Å². The van der Waals surface area contributed by atoms with Crippen LogP contribution in [0.15, 0.2) is 0 Å². The molecule has 0 aromatic heterocycles. The van der Waals surface area contributed by atoms with Gasteiger partial charge in [-0.25, -0.2) is 0 Å². The lowest BCUT2D eigenvalue weighted by molar-refractivity contribution is 0.0645. The fourth-order valence-electron chi connectivity index (χ4n) is 1.80. The summed E-state index contributed by atoms with van der Waals surface area (Å²) >= 11 is 1.84. The molecule has 0 aromatic carbocycles. The lowest BCUT2D eigenvalue weighted by atomic mass is 10.00. The van der Waals surface area contributed by atoms with E-state index in [4.69, 9.17) is 4.74 Å². The molecule has 1 fully saturated rings. The van der Waals surface area contributed by atoms with E-state index in [0.29, 0.717) is 0 Å². The van der Waals surface area contributed by atoms with Gasteiger partial charge >= 0.3 is 0 Å². The van der Waals surface area contributed by atoms with Crippen LogP contribution in [0.3, 0.4) is 0 Å². The van der Waals surface area contributed by atoms with E-state index in [9.17, 15) is 5.11 Å². The molecule has 0 amide bonds. The summed E-state index contributed by atoms with van der Waals surface area (Å²) in [4.78, 5) is 0. The lowest BCUT2D eigenvalue weighted by Crippen LogP contribution is -2.38. The molecule has 0 bridgehead atoms. The monoisotopic (exact) mass is 233 g/mol. The normalized spacial score (nSPS) is 20.4. The van der Waals surface area contributed by atoms with Crippen LogP contribution < -0.4 is 5.32 Å². The predicted molar refractivity (Wildman–Crippen MR) is 65.4 cm³/mol. The van der Waals surface area contributed by atoms with E-state index in [1.165, 1.54) is 0 Å². The van der Waals surface area contributed by atoms with Crippen LogP contribution in [0, 0.1) is 5.92 Å². The van der Waals surface area contributed by atoms with Crippen molar-refractivity contribution in [2.75, 3.05) is 38.4 Å². The summed E-state index contributed by atoms with van der Waals surface area (Å²) in [5.74, 6) is 1.86. The molecule has 3 nitrogen and oxygen atoms in total. The average molecular weight is 233 g/mol. The van der Waals surface area contributed by atoms with Crippen molar-refractivity contribution in [3.05, 3.63) is 0 Å². The van der Waals surface area contributed by atoms with Crippen LogP contribution in [-0.4, -0.2) is 49.5 Å². The van der Waals surface area contributed by atoms with Crippen molar-refractivity contribution in [1.29, 1.82) is 0 Å². The molecule has 0 aromatic rings. The molecule has 2 N–H and O–H groups in total. The Morgan fingerprint density at radius 1 is 1.47 bits per heavy atom. The maximum absolute atomic E-state index is 9.19. The number of rotatable bonds is 7. The maximum Gasteiger partial charge on any atom is 0.0584 e. The first-order valence-electron chi connectivity index (χ1n) is 5.77. The number of nitrogens with one attached hydrogen (secondary N) is 1. The highest BCUT2D eigenvalue weighted by atomic mass is 32.2. The van der Waals surface area contributed by atoms with Gasteiger partial charge < -0.3 is 15.2 Å². The minimum atomic E-state index is 0.254. The highest BCUT2D eigenvalue weighted by molar-refractivity contribution is 7.98. The zero-order chi connectivity index (χ0) is 10.9. The lowest BCUT2D eigenvalue weighted by Gasteiger charge is -2.24. The van der Waals surface area contributed by atoms with Crippen LogP contribution in [0.5, 0.6) is 0 Å². The molecule has 1 aliphatic rings. The zero-order valence-corrected chi connectivity index (χ0v) is 10.4. The van der Waals surface area contributed by atoms with E-state index in [1.54, 1.807) is 0 Å². The van der Waals surface area contributed by atoms with Gasteiger partial charge in [0.05, 0.1) is 6.61 Å². The second kappa shape index (κ2) is 8.39. The van der Waals surface area contributed by atoms with Gasteiger partial charge in [0.2, 0.25) is 0 Å². The minimum Gasteiger partial charge on any atom is -0.395 e. The second-order valence-electron chi connectivity index (χ2n) is 4.12. The molecule has 0 spiro atoms. The fraction of sp³-hybridized carbons (Fsp3) is 1.00. The van der Waals surface area contributed by atoms with Crippen LogP contribution in [0.1, 0.15) is 19.3 Å². The summed E-state index contributed by atoms with van der Waals surface area (Å²) in [6, 6.07) is 0.278. The van der Waals surface area contributed by atoms with Crippen molar-refractivity contribution < 1.29 is 9.84 Å². The largest absolute Gasteiger partial charge is 0.395 e. The second-order valence-corrected chi connectivity index (χ2v) is 5.11. The van der Waals surface area contributed by atoms with Crippen molar-refractivity contribution in [1.82, 2.24) is 5.32 Å². The molecule has 4 heteroatoms. The first kappa shape index (κ1) is 13.3. The number of aliphatic hydroxyl groups is 1. The van der Waals surface area contributed by atoms with Gasteiger partial charge in [-0.1, -0.05) is 0 Å². The Balaban J connectivity index is 2.09. The quantitative estimate of drug-likeness (QED) is 0.691. The van der Waals surface area contributed by atoms with Crippen molar-refractivity contribution in [3.8, 4) is 0 Å². The molecule has 15 heavy (non-hydrogen) atoms. The molecule has 1 atom stereocenters. The Kier molecular flexibility index (Phi) is 7.44. The summed E-state index contributed by atoms with van der Waals surface area (Å²) in [5.41, 5.74) is 0. The van der Waals surface area contributed by atoms with Gasteiger partial charge in [-0.2, -0.15) is 11.8 Å². The van der Waals surface area contributed by atoms with E-state index < -0.39 is 0 Å². The summed E-state index contributed by atoms with van der Waals surface area (Å²) < 4.78 is 5.32. The van der Waals surface area contributed by atoms with E-state index in [0.717, 1.165) is 50.7 Å². The summed E-state index contributed by atoms with van der Waals surface area (Å²) in [6.07, 6.45) is 5.48. The summed E-state index contributed by atoms with van der Waals surface area (Å²) in [6.45, 7) is 3.09. The summed E-state index contributed by atoms with van der Waals surface area (Å²) in [5, 5.41) is 12.6. The molecular weight excluding hydrogens is 210 g/mol. The van der Waals surface area contributed by atoms with Crippen LogP contribution in [0.2, 0.25) is 0 Å². The van der Waals surface area contributed by atoms with Crippen molar-refractivity contribution >= 4 is 11.8 Å². The highest BCUT2D eigenvalue weighted by Gasteiger charge is 2.15. The van der Waals surface area contributed by atoms with Crippen LogP contribution in [0.25, 0.3) is 0 Å². The standard InChI is InChI=1S/C11H23NO2S/c1-15-7-4-11(9-13)12-8-10-2-5-14-6-3-10/h10-13H,2-9H2,1H3. The van der Waals surface area contributed by atoms with Gasteiger partial charge in [-0.3, -0.25) is 0 Å². The number of hydrogen-bond donors (Lipinski definition) is 2. The number of hydrogen-bond acceptors (Lipinski definition) is 4. The average Bonchev–Trinajstić information content (AvgIpc) is 2.31. The molecule has 1 rings (SSSR count). The molecular formula is C11H23NO2S. The van der Waals surface area contributed by atoms with Crippen LogP contribution in [-0.2, 0) is 4.74 Å². The molecule has 1 saturated heterocycles. The van der Waals surface area contributed by atoms with Gasteiger partial charge in [0.1, 0.15) is 0 Å². The molecule has 90 valence electrons. The number of thioether (sulfide) groups is 1. The molecule has 0 radical (unpaired) electrons. The Hall–Kier alpha value is 0.230. The molecule has 1 heterocycles. The Morgan fingerprint density at radius 2 is 2.20 bits per heavy atom. The minimum absolute atomic E-state index is 0.254. The number of ether oxygens (including phenoxy) is 1. The van der Waals surface area contributed by atoms with Gasteiger partial charge in [0, 0.05) is 19.3 Å². The molecule has 1 unspecified atom stereocenters. The van der Waals surface area contributed by atoms with Crippen molar-refractivity contribution in [3.63, 3.8) is 0 Å². The van der Waals surface area contributed by atoms with E-state index >= 15 is 0 Å². The van der Waals surface area contributed by atoms with Gasteiger partial charge in [-0.15, -0.1) is 0 Å². The number of aliphatic hydroxyl groups excluding tert-OH is 1. The van der Waals surface area contributed by atoms with Gasteiger partial charge in [0.25, 0.3) is 0 Å². The first-order valence-corrected chi connectivity index (χ1v) is 7.17. The zero-order valence-electron chi connectivity index (χ0n) is 9.58. The SMILES string of the molecule is CSCCC(CO)NCC1CCOCC1. The van der Waals surface area contributed by atoms with Crippen molar-refractivity contribution in [2.45, 2.75) is 25.3 Å². The molecule has 0 aliphatic carbocycles. The Labute approximate surface area is 97.0 Å². The highest BCUT2D eigenvalue weighted by Crippen LogP contribution is 2.13. The van der Waals surface area contributed by atoms with Gasteiger partial charge in [-0.05, 0) is 43.7 Å². The third kappa shape index (κ3) is 5.76. The molecule has 0 saturated carbocycles. The van der Waals surface area contributed by atoms with Crippen molar-refractivity contribution in [2.24, 2.45) is 5.92 Å². The third-order valence-electron chi connectivity index (χ3n) is 2.93. The van der Waals surface area contributed by atoms with E-state index in [1.807, 2.05) is 11.8 Å².